The average Bonchev–Trinajstić information content (AvgIpc) is 2.72. The van der Waals surface area contributed by atoms with Crippen LogP contribution in [0.1, 0.15) is 32.6 Å². The molecule has 2 aliphatic heterocycles. The highest BCUT2D eigenvalue weighted by atomic mass is 16.5. The average molecular weight is 213 g/mol. The van der Waals surface area contributed by atoms with Crippen molar-refractivity contribution in [2.45, 2.75) is 50.8 Å². The van der Waals surface area contributed by atoms with E-state index in [0.29, 0.717) is 12.1 Å². The van der Waals surface area contributed by atoms with Crippen LogP contribution in [0.3, 0.4) is 0 Å². The topological polar surface area (TPSA) is 50.5 Å². The minimum absolute atomic E-state index is 0.282. The van der Waals surface area contributed by atoms with Gasteiger partial charge in [0.05, 0.1) is 12.7 Å². The number of hydrogen-bond donors (Lipinski definition) is 2. The molecule has 0 bridgehead atoms. The van der Waals surface area contributed by atoms with Crippen molar-refractivity contribution < 1.29 is 4.74 Å². The number of nitrogens with two attached hydrogens (primary N) is 1. The van der Waals surface area contributed by atoms with Gasteiger partial charge in [-0.1, -0.05) is 13.3 Å². The Kier molecular flexibility index (Phi) is 3.97. The smallest absolute Gasteiger partial charge is 0.0868 e. The highest BCUT2D eigenvalue weighted by Gasteiger charge is 2.34. The molecular weight excluding hydrogens is 190 g/mol. The molecule has 3 atom stereocenters. The maximum Gasteiger partial charge on any atom is 0.0868 e. The van der Waals surface area contributed by atoms with Gasteiger partial charge in [0.15, 0.2) is 0 Å². The zero-order chi connectivity index (χ0) is 10.7. The van der Waals surface area contributed by atoms with E-state index in [2.05, 4.69) is 17.2 Å². The molecule has 0 saturated carbocycles. The van der Waals surface area contributed by atoms with Gasteiger partial charge in [0.1, 0.15) is 0 Å². The largest absolute Gasteiger partial charge is 0.374 e. The van der Waals surface area contributed by atoms with Crippen molar-refractivity contribution in [3.8, 4) is 0 Å². The highest BCUT2D eigenvalue weighted by Crippen LogP contribution is 2.24. The molecule has 2 aliphatic rings. The standard InChI is InChI=1S/C11H23N3O/c1-2-4-10(13-12)11-7-14-6-3-5-9(14)8-15-11/h9-11,13H,2-8,12H2,1H3. The molecule has 0 amide bonds. The van der Waals surface area contributed by atoms with E-state index in [1.54, 1.807) is 0 Å². The monoisotopic (exact) mass is 213 g/mol. The summed E-state index contributed by atoms with van der Waals surface area (Å²) in [6, 6.07) is 0.998. The number of rotatable bonds is 4. The van der Waals surface area contributed by atoms with Crippen molar-refractivity contribution in [1.82, 2.24) is 10.3 Å². The minimum Gasteiger partial charge on any atom is -0.374 e. The van der Waals surface area contributed by atoms with Gasteiger partial charge in [0.25, 0.3) is 0 Å². The molecule has 4 nitrogen and oxygen atoms in total. The number of ether oxygens (including phenoxy) is 1. The van der Waals surface area contributed by atoms with E-state index in [0.717, 1.165) is 26.0 Å². The lowest BCUT2D eigenvalue weighted by Crippen LogP contribution is -2.55. The first-order valence-electron chi connectivity index (χ1n) is 6.17. The Labute approximate surface area is 92.1 Å². The molecule has 4 heteroatoms. The van der Waals surface area contributed by atoms with Crippen LogP contribution in [0.15, 0.2) is 0 Å². The summed E-state index contributed by atoms with van der Waals surface area (Å²) in [5.41, 5.74) is 2.90. The van der Waals surface area contributed by atoms with Crippen LogP contribution in [0.25, 0.3) is 0 Å². The van der Waals surface area contributed by atoms with Gasteiger partial charge in [-0.05, 0) is 25.8 Å². The summed E-state index contributed by atoms with van der Waals surface area (Å²) >= 11 is 0. The molecule has 0 spiro atoms. The lowest BCUT2D eigenvalue weighted by Gasteiger charge is -2.38. The molecule has 2 heterocycles. The van der Waals surface area contributed by atoms with E-state index in [-0.39, 0.29) is 6.10 Å². The van der Waals surface area contributed by atoms with Crippen molar-refractivity contribution >= 4 is 0 Å². The van der Waals surface area contributed by atoms with Crippen molar-refractivity contribution in [3.05, 3.63) is 0 Å². The summed E-state index contributed by atoms with van der Waals surface area (Å²) in [6.07, 6.45) is 5.16. The Bertz CT molecular complexity index is 200. The first-order chi connectivity index (χ1) is 7.35. The molecule has 2 fully saturated rings. The van der Waals surface area contributed by atoms with Gasteiger partial charge in [-0.3, -0.25) is 16.2 Å². The Morgan fingerprint density at radius 2 is 2.47 bits per heavy atom. The van der Waals surface area contributed by atoms with E-state index in [4.69, 9.17) is 10.6 Å². The van der Waals surface area contributed by atoms with Crippen molar-refractivity contribution in [3.63, 3.8) is 0 Å². The van der Waals surface area contributed by atoms with E-state index in [9.17, 15) is 0 Å². The van der Waals surface area contributed by atoms with Gasteiger partial charge in [-0.15, -0.1) is 0 Å². The number of morpholine rings is 1. The number of nitrogens with zero attached hydrogens (tertiary/aromatic N) is 1. The van der Waals surface area contributed by atoms with E-state index in [1.807, 2.05) is 0 Å². The number of hydrogen-bond acceptors (Lipinski definition) is 4. The van der Waals surface area contributed by atoms with Crippen LogP contribution in [0.4, 0.5) is 0 Å². The van der Waals surface area contributed by atoms with Crippen LogP contribution >= 0.6 is 0 Å². The van der Waals surface area contributed by atoms with E-state index in [1.165, 1.54) is 19.4 Å². The van der Waals surface area contributed by atoms with Crippen LogP contribution in [0.2, 0.25) is 0 Å². The van der Waals surface area contributed by atoms with Gasteiger partial charge >= 0.3 is 0 Å². The third kappa shape index (κ3) is 2.50. The highest BCUT2D eigenvalue weighted by molar-refractivity contribution is 4.89. The molecule has 3 N–H and O–H groups in total. The Balaban J connectivity index is 1.87. The summed E-state index contributed by atoms with van der Waals surface area (Å²) < 4.78 is 5.91. The summed E-state index contributed by atoms with van der Waals surface area (Å²) in [4.78, 5) is 2.56. The van der Waals surface area contributed by atoms with E-state index >= 15 is 0 Å². The van der Waals surface area contributed by atoms with Gasteiger partial charge in [-0.2, -0.15) is 0 Å². The molecule has 2 saturated heterocycles. The fraction of sp³-hybridized carbons (Fsp3) is 1.00. The lowest BCUT2D eigenvalue weighted by atomic mass is 10.0. The zero-order valence-corrected chi connectivity index (χ0v) is 9.61. The molecule has 0 radical (unpaired) electrons. The quantitative estimate of drug-likeness (QED) is 0.527. The fourth-order valence-corrected chi connectivity index (χ4v) is 2.77. The van der Waals surface area contributed by atoms with Gasteiger partial charge < -0.3 is 4.74 Å². The SMILES string of the molecule is CCCC(NN)C1CN2CCCC2CO1. The summed E-state index contributed by atoms with van der Waals surface area (Å²) in [7, 11) is 0. The van der Waals surface area contributed by atoms with Gasteiger partial charge in [-0.25, -0.2) is 0 Å². The third-order valence-electron chi connectivity index (χ3n) is 3.68. The van der Waals surface area contributed by atoms with Gasteiger partial charge in [0.2, 0.25) is 0 Å². The molecular formula is C11H23N3O. The molecule has 0 aliphatic carbocycles. The normalized spacial score (nSPS) is 34.0. The van der Waals surface area contributed by atoms with Crippen LogP contribution < -0.4 is 11.3 Å². The molecule has 15 heavy (non-hydrogen) atoms. The van der Waals surface area contributed by atoms with Crippen LogP contribution in [-0.2, 0) is 4.74 Å². The fourth-order valence-electron chi connectivity index (χ4n) is 2.77. The maximum atomic E-state index is 5.91. The Hall–Kier alpha value is -0.160. The second kappa shape index (κ2) is 5.25. The maximum absolute atomic E-state index is 5.91. The summed E-state index contributed by atoms with van der Waals surface area (Å²) in [5.74, 6) is 5.58. The zero-order valence-electron chi connectivity index (χ0n) is 9.61. The minimum atomic E-state index is 0.282. The molecule has 3 unspecified atom stereocenters. The molecule has 88 valence electrons. The number of hydrazine groups is 1. The predicted molar refractivity (Wildman–Crippen MR) is 60.4 cm³/mol. The van der Waals surface area contributed by atoms with Crippen molar-refractivity contribution in [2.75, 3.05) is 19.7 Å². The Morgan fingerprint density at radius 3 is 3.20 bits per heavy atom. The molecule has 0 aromatic rings. The lowest BCUT2D eigenvalue weighted by molar-refractivity contribution is -0.0657. The van der Waals surface area contributed by atoms with Crippen molar-refractivity contribution in [1.29, 1.82) is 0 Å². The summed E-state index contributed by atoms with van der Waals surface area (Å²) in [6.45, 7) is 5.38. The molecule has 0 aromatic heterocycles. The van der Waals surface area contributed by atoms with Gasteiger partial charge in [0, 0.05) is 18.6 Å². The first kappa shape index (κ1) is 11.3. The van der Waals surface area contributed by atoms with Crippen LogP contribution in [0.5, 0.6) is 0 Å². The van der Waals surface area contributed by atoms with Crippen LogP contribution in [0, 0.1) is 0 Å². The second-order valence-corrected chi connectivity index (χ2v) is 4.72. The molecule has 2 rings (SSSR count). The second-order valence-electron chi connectivity index (χ2n) is 4.72. The third-order valence-corrected chi connectivity index (χ3v) is 3.68. The molecule has 0 aromatic carbocycles. The Morgan fingerprint density at radius 1 is 1.60 bits per heavy atom. The number of fused-ring (bicyclic) bond motifs is 1. The first-order valence-corrected chi connectivity index (χ1v) is 6.17. The van der Waals surface area contributed by atoms with Crippen LogP contribution in [-0.4, -0.2) is 42.8 Å². The number of nitrogens with one attached hydrogen (secondary N) is 1. The van der Waals surface area contributed by atoms with E-state index < -0.39 is 0 Å². The predicted octanol–water partition coefficient (Wildman–Crippen LogP) is 0.482. The summed E-state index contributed by atoms with van der Waals surface area (Å²) in [5, 5.41) is 0. The van der Waals surface area contributed by atoms with Crippen molar-refractivity contribution in [2.24, 2.45) is 5.84 Å².